The van der Waals surface area contributed by atoms with E-state index >= 15 is 0 Å². The zero-order chi connectivity index (χ0) is 22.9. The van der Waals surface area contributed by atoms with Gasteiger partial charge in [0.05, 0.1) is 17.9 Å². The highest BCUT2D eigenvalue weighted by molar-refractivity contribution is 6.46. The van der Waals surface area contributed by atoms with Crippen LogP contribution in [0.15, 0.2) is 67.0 Å². The predicted molar refractivity (Wildman–Crippen MR) is 120 cm³/mol. The van der Waals surface area contributed by atoms with E-state index in [1.165, 1.54) is 4.90 Å². The molecule has 3 aromatic rings. The molecule has 2 atom stereocenters. The summed E-state index contributed by atoms with van der Waals surface area (Å²) >= 11 is 0. The average Bonchev–Trinajstić information content (AvgIpc) is 3.53. The number of aromatic nitrogens is 3. The van der Waals surface area contributed by atoms with Gasteiger partial charge < -0.3 is 19.3 Å². The first-order valence-corrected chi connectivity index (χ1v) is 11.0. The van der Waals surface area contributed by atoms with Gasteiger partial charge in [-0.15, -0.1) is 0 Å². The van der Waals surface area contributed by atoms with E-state index in [2.05, 4.69) is 9.97 Å². The Balaban J connectivity index is 1.51. The number of carbonyl (C=O) groups excluding carboxylic acids is 2. The van der Waals surface area contributed by atoms with E-state index in [1.807, 2.05) is 29.8 Å². The number of aryl methyl sites for hydroxylation is 1. The fourth-order valence-electron chi connectivity index (χ4n) is 4.56. The number of likely N-dealkylation sites (tertiary alicyclic amines) is 1. The molecule has 0 spiro atoms. The lowest BCUT2D eigenvalue weighted by Crippen LogP contribution is -2.31. The van der Waals surface area contributed by atoms with Gasteiger partial charge in [0.15, 0.2) is 0 Å². The molecule has 0 unspecified atom stereocenters. The van der Waals surface area contributed by atoms with Gasteiger partial charge >= 0.3 is 0 Å². The first kappa shape index (κ1) is 20.9. The number of nitrogens with zero attached hydrogens (tertiary/aromatic N) is 4. The molecule has 1 N–H and O–H groups in total. The second-order valence-corrected chi connectivity index (χ2v) is 8.39. The molecule has 2 aliphatic heterocycles. The summed E-state index contributed by atoms with van der Waals surface area (Å²) in [5.74, 6) is -0.701. The topological polar surface area (TPSA) is 97.6 Å². The van der Waals surface area contributed by atoms with Crippen molar-refractivity contribution in [2.45, 2.75) is 38.5 Å². The largest absolute Gasteiger partial charge is 0.507 e. The van der Waals surface area contributed by atoms with Crippen LogP contribution in [-0.2, 0) is 22.6 Å². The van der Waals surface area contributed by atoms with Crippen LogP contribution >= 0.6 is 0 Å². The van der Waals surface area contributed by atoms with Crippen molar-refractivity contribution in [1.82, 2.24) is 19.4 Å². The summed E-state index contributed by atoms with van der Waals surface area (Å²) in [5, 5.41) is 11.2. The number of benzene rings is 1. The third kappa shape index (κ3) is 3.88. The summed E-state index contributed by atoms with van der Waals surface area (Å²) in [6.07, 6.45) is 9.95. The summed E-state index contributed by atoms with van der Waals surface area (Å²) in [7, 11) is 0. The van der Waals surface area contributed by atoms with Crippen molar-refractivity contribution in [1.29, 1.82) is 0 Å². The van der Waals surface area contributed by atoms with Crippen LogP contribution in [0, 0.1) is 0 Å². The maximum Gasteiger partial charge on any atom is 0.295 e. The van der Waals surface area contributed by atoms with E-state index in [9.17, 15) is 14.7 Å². The fourth-order valence-corrected chi connectivity index (χ4v) is 4.56. The number of aliphatic hydroxyl groups is 1. The highest BCUT2D eigenvalue weighted by atomic mass is 16.5. The van der Waals surface area contributed by atoms with Gasteiger partial charge in [-0.05, 0) is 48.7 Å². The number of pyridine rings is 1. The van der Waals surface area contributed by atoms with Gasteiger partial charge in [-0.3, -0.25) is 14.6 Å². The minimum absolute atomic E-state index is 0.0638. The van der Waals surface area contributed by atoms with Gasteiger partial charge in [-0.2, -0.15) is 0 Å². The lowest BCUT2D eigenvalue weighted by molar-refractivity contribution is -0.139. The molecule has 1 amide bonds. The van der Waals surface area contributed by atoms with Crippen LogP contribution < -0.4 is 4.74 Å². The van der Waals surface area contributed by atoms with Gasteiger partial charge in [-0.25, -0.2) is 4.98 Å². The number of carbonyl (C=O) groups is 2. The van der Waals surface area contributed by atoms with Crippen LogP contribution in [0.4, 0.5) is 0 Å². The number of rotatable bonds is 6. The quantitative estimate of drug-likeness (QED) is 0.356. The van der Waals surface area contributed by atoms with Crippen LogP contribution in [0.1, 0.15) is 36.1 Å². The highest BCUT2D eigenvalue weighted by Crippen LogP contribution is 2.40. The summed E-state index contributed by atoms with van der Waals surface area (Å²) < 4.78 is 7.67. The molecule has 1 fully saturated rings. The number of imidazole rings is 1. The monoisotopic (exact) mass is 444 g/mol. The third-order valence-electron chi connectivity index (χ3n) is 6.08. The second kappa shape index (κ2) is 8.54. The number of ether oxygens (including phenoxy) is 1. The first-order valence-electron chi connectivity index (χ1n) is 11.0. The number of amides is 1. The van der Waals surface area contributed by atoms with Crippen molar-refractivity contribution in [3.05, 3.63) is 83.7 Å². The Bertz CT molecular complexity index is 1220. The molecular weight excluding hydrogens is 420 g/mol. The minimum atomic E-state index is -0.704. The van der Waals surface area contributed by atoms with E-state index < -0.39 is 17.7 Å². The minimum Gasteiger partial charge on any atom is -0.507 e. The fraction of sp³-hybridized carbons (Fsp3) is 0.280. The molecule has 2 aromatic heterocycles. The van der Waals surface area contributed by atoms with Gasteiger partial charge in [0.1, 0.15) is 17.6 Å². The van der Waals surface area contributed by atoms with Crippen molar-refractivity contribution < 1.29 is 19.4 Å². The van der Waals surface area contributed by atoms with Crippen molar-refractivity contribution in [2.75, 3.05) is 6.54 Å². The maximum atomic E-state index is 13.1. The zero-order valence-corrected chi connectivity index (χ0v) is 18.2. The van der Waals surface area contributed by atoms with E-state index in [0.29, 0.717) is 30.6 Å². The normalized spacial score (nSPS) is 21.3. The lowest BCUT2D eigenvalue weighted by atomic mass is 9.95. The van der Waals surface area contributed by atoms with Gasteiger partial charge in [0.2, 0.25) is 0 Å². The van der Waals surface area contributed by atoms with Crippen molar-refractivity contribution in [3.63, 3.8) is 0 Å². The maximum absolute atomic E-state index is 13.1. The number of Topliss-reactive ketones (excluding diaryl/α,β-unsaturated/α-hetero) is 1. The summed E-state index contributed by atoms with van der Waals surface area (Å²) in [5.41, 5.74) is 2.23. The molecule has 1 saturated heterocycles. The Morgan fingerprint density at radius 2 is 2.06 bits per heavy atom. The van der Waals surface area contributed by atoms with E-state index in [4.69, 9.17) is 4.74 Å². The number of hydrogen-bond donors (Lipinski definition) is 1. The number of hydrogen-bond acceptors (Lipinski definition) is 6. The molecule has 4 heterocycles. The summed E-state index contributed by atoms with van der Waals surface area (Å²) in [4.78, 5) is 35.9. The Kier molecular flexibility index (Phi) is 5.42. The highest BCUT2D eigenvalue weighted by Gasteiger charge is 2.46. The van der Waals surface area contributed by atoms with E-state index in [0.717, 1.165) is 17.7 Å². The van der Waals surface area contributed by atoms with Crippen LogP contribution in [-0.4, -0.2) is 48.9 Å². The SMILES string of the molecule is C[C@@H]1Cc2cc(C(O)=C3C(=O)C(=O)N(CCCn4ccnc4)[C@H]3c3cccnc3)ccc2O1. The van der Waals surface area contributed by atoms with Gasteiger partial charge in [-0.1, -0.05) is 6.07 Å². The standard InChI is InChI=1S/C25H24N4O4/c1-16-12-19-13-17(5-6-20(19)33-16)23(30)21-22(18-4-2-7-26-14-18)29(25(32)24(21)31)10-3-9-28-11-8-27-15-28/h2,4-8,11,13-16,22,30H,3,9-10,12H2,1H3/t16-,22+/m1/s1. The van der Waals surface area contributed by atoms with Gasteiger partial charge in [0, 0.05) is 49.9 Å². The van der Waals surface area contributed by atoms with E-state index in [-0.39, 0.29) is 17.4 Å². The molecule has 33 heavy (non-hydrogen) atoms. The van der Waals surface area contributed by atoms with Crippen LogP contribution in [0.25, 0.3) is 5.76 Å². The van der Waals surface area contributed by atoms with Crippen LogP contribution in [0.2, 0.25) is 0 Å². The second-order valence-electron chi connectivity index (χ2n) is 8.39. The zero-order valence-electron chi connectivity index (χ0n) is 18.2. The molecule has 2 aliphatic rings. The molecular formula is C25H24N4O4. The van der Waals surface area contributed by atoms with Gasteiger partial charge in [0.25, 0.3) is 11.7 Å². The van der Waals surface area contributed by atoms with Crippen molar-refractivity contribution >= 4 is 17.4 Å². The Labute approximate surface area is 191 Å². The van der Waals surface area contributed by atoms with Crippen molar-refractivity contribution in [2.24, 2.45) is 0 Å². The Morgan fingerprint density at radius 3 is 2.82 bits per heavy atom. The molecule has 0 bridgehead atoms. The number of fused-ring (bicyclic) bond motifs is 1. The Hall–Kier alpha value is -3.94. The van der Waals surface area contributed by atoms with E-state index in [1.54, 1.807) is 43.1 Å². The average molecular weight is 444 g/mol. The first-order chi connectivity index (χ1) is 16.0. The molecule has 0 aliphatic carbocycles. The summed E-state index contributed by atoms with van der Waals surface area (Å²) in [6, 6.07) is 8.23. The number of aliphatic hydroxyl groups excluding tert-OH is 1. The van der Waals surface area contributed by atoms with Crippen molar-refractivity contribution in [3.8, 4) is 5.75 Å². The molecule has 8 heteroatoms. The summed E-state index contributed by atoms with van der Waals surface area (Å²) in [6.45, 7) is 3.00. The number of ketones is 1. The predicted octanol–water partition coefficient (Wildman–Crippen LogP) is 3.11. The lowest BCUT2D eigenvalue weighted by Gasteiger charge is -2.25. The molecule has 1 aromatic carbocycles. The van der Waals surface area contributed by atoms with Crippen LogP contribution in [0.5, 0.6) is 5.75 Å². The molecule has 8 nitrogen and oxygen atoms in total. The van der Waals surface area contributed by atoms with Crippen LogP contribution in [0.3, 0.4) is 0 Å². The third-order valence-corrected chi connectivity index (χ3v) is 6.08. The molecule has 0 radical (unpaired) electrons. The Morgan fingerprint density at radius 1 is 1.18 bits per heavy atom. The molecule has 0 saturated carbocycles. The molecule has 168 valence electrons. The molecule has 5 rings (SSSR count). The smallest absolute Gasteiger partial charge is 0.295 e.